The van der Waals surface area contributed by atoms with E-state index in [1.807, 2.05) is 27.2 Å². The number of rotatable bonds is 36. The number of hydrogen-bond donors (Lipinski definition) is 1. The van der Waals surface area contributed by atoms with Gasteiger partial charge in [0.15, 0.2) is 12.1 Å². The molecule has 2 unspecified atom stereocenters. The van der Waals surface area contributed by atoms with Gasteiger partial charge in [-0.1, -0.05) is 133 Å². The molecule has 300 valence electrons. The number of allylic oxidation sites excluding steroid dienone is 8. The van der Waals surface area contributed by atoms with E-state index in [-0.39, 0.29) is 36.2 Å². The van der Waals surface area contributed by atoms with Gasteiger partial charge in [0, 0.05) is 19.3 Å². The lowest BCUT2D eigenvalue weighted by Gasteiger charge is -2.31. The number of ether oxygens (including phenoxy) is 3. The van der Waals surface area contributed by atoms with Crippen molar-refractivity contribution in [2.45, 2.75) is 174 Å². The predicted octanol–water partition coefficient (Wildman–Crippen LogP) is 10.9. The highest BCUT2D eigenvalue weighted by molar-refractivity contribution is 5.72. The molecule has 52 heavy (non-hydrogen) atoms. The minimum absolute atomic E-state index is 0.0518. The van der Waals surface area contributed by atoms with E-state index in [1.165, 1.54) is 64.2 Å². The summed E-state index contributed by atoms with van der Waals surface area (Å²) in [6.45, 7) is 4.55. The third-order valence-corrected chi connectivity index (χ3v) is 9.02. The second kappa shape index (κ2) is 35.3. The first kappa shape index (κ1) is 49.3. The number of likely N-dealkylation sites (N-methyl/N-ethyl adjacent to an activating group) is 1. The van der Waals surface area contributed by atoms with Crippen LogP contribution in [0.3, 0.4) is 0 Å². The Labute approximate surface area is 318 Å². The first-order chi connectivity index (χ1) is 25.1. The van der Waals surface area contributed by atoms with Crippen LogP contribution in [0, 0.1) is 0 Å². The highest BCUT2D eigenvalue weighted by Crippen LogP contribution is 2.13. The predicted molar refractivity (Wildman–Crippen MR) is 215 cm³/mol. The highest BCUT2D eigenvalue weighted by Gasteiger charge is 2.31. The summed E-state index contributed by atoms with van der Waals surface area (Å²) in [5, 5.41) is 9.60. The van der Waals surface area contributed by atoms with Gasteiger partial charge in [-0.2, -0.15) is 0 Å². The zero-order valence-corrected chi connectivity index (χ0v) is 34.0. The molecule has 0 aliphatic rings. The number of carbonyl (C=O) groups excluding carboxylic acids is 2. The first-order valence-corrected chi connectivity index (χ1v) is 20.7. The Morgan fingerprint density at radius 2 is 1.10 bits per heavy atom. The van der Waals surface area contributed by atoms with Crippen LogP contribution in [0.15, 0.2) is 48.6 Å². The third kappa shape index (κ3) is 33.1. The molecule has 0 aromatic heterocycles. The van der Waals surface area contributed by atoms with Gasteiger partial charge in [0.1, 0.15) is 6.61 Å². The molecule has 2 atom stereocenters. The van der Waals surface area contributed by atoms with Gasteiger partial charge in [-0.15, -0.1) is 0 Å². The van der Waals surface area contributed by atoms with E-state index in [4.69, 9.17) is 14.2 Å². The molecule has 0 rings (SSSR count). The van der Waals surface area contributed by atoms with Gasteiger partial charge in [0.05, 0.1) is 34.4 Å². The molecule has 0 fully saturated rings. The maximum atomic E-state index is 12.7. The number of esters is 2. The van der Waals surface area contributed by atoms with E-state index in [0.29, 0.717) is 19.3 Å². The molecule has 0 aliphatic carbocycles. The minimum Gasteiger partial charge on any atom is -0.477 e. The lowest BCUT2D eigenvalue weighted by molar-refractivity contribution is -0.887. The minimum atomic E-state index is -0.881. The molecule has 0 bridgehead atoms. The topological polar surface area (TPSA) is 99.1 Å². The van der Waals surface area contributed by atoms with Crippen molar-refractivity contribution in [3.05, 3.63) is 48.6 Å². The second-order valence-electron chi connectivity index (χ2n) is 14.9. The van der Waals surface area contributed by atoms with Crippen LogP contribution >= 0.6 is 0 Å². The van der Waals surface area contributed by atoms with Crippen LogP contribution in [0.4, 0.5) is 0 Å². The van der Waals surface area contributed by atoms with Crippen molar-refractivity contribution < 1.29 is 38.2 Å². The molecule has 0 heterocycles. The summed E-state index contributed by atoms with van der Waals surface area (Å²) >= 11 is 0. The van der Waals surface area contributed by atoms with E-state index >= 15 is 0 Å². The summed E-state index contributed by atoms with van der Waals surface area (Å²) in [7, 11) is 5.51. The van der Waals surface area contributed by atoms with Crippen LogP contribution in [0.1, 0.15) is 162 Å². The molecule has 8 heteroatoms. The summed E-state index contributed by atoms with van der Waals surface area (Å²) in [6.07, 6.45) is 40.0. The van der Waals surface area contributed by atoms with Crippen molar-refractivity contribution >= 4 is 17.9 Å². The Kier molecular flexibility index (Phi) is 33.5. The van der Waals surface area contributed by atoms with Crippen LogP contribution in [0.5, 0.6) is 0 Å². The van der Waals surface area contributed by atoms with E-state index in [1.54, 1.807) is 0 Å². The van der Waals surface area contributed by atoms with Crippen molar-refractivity contribution in [1.29, 1.82) is 0 Å². The summed E-state index contributed by atoms with van der Waals surface area (Å²) in [6, 6.07) is -0.618. The lowest BCUT2D eigenvalue weighted by Crippen LogP contribution is -2.50. The lowest BCUT2D eigenvalue weighted by atomic mass is 10.1. The van der Waals surface area contributed by atoms with Crippen LogP contribution in [-0.2, 0) is 28.6 Å². The molecule has 0 saturated heterocycles. The fourth-order valence-corrected chi connectivity index (χ4v) is 5.79. The van der Waals surface area contributed by atoms with Gasteiger partial charge in [0.2, 0.25) is 0 Å². The van der Waals surface area contributed by atoms with E-state index in [0.717, 1.165) is 64.2 Å². The van der Waals surface area contributed by atoms with Crippen LogP contribution in [0.2, 0.25) is 0 Å². The van der Waals surface area contributed by atoms with Gasteiger partial charge in [-0.3, -0.25) is 9.59 Å². The second-order valence-corrected chi connectivity index (χ2v) is 14.9. The van der Waals surface area contributed by atoms with Crippen molar-refractivity contribution in [3.63, 3.8) is 0 Å². The molecule has 0 aromatic carbocycles. The van der Waals surface area contributed by atoms with Crippen molar-refractivity contribution in [3.8, 4) is 0 Å². The van der Waals surface area contributed by atoms with E-state index in [2.05, 4.69) is 56.4 Å². The number of unbranched alkanes of at least 4 members (excludes halogenated alkanes) is 16. The molecule has 0 aliphatic heterocycles. The molecule has 0 saturated carbocycles. The molecular weight excluding hydrogens is 654 g/mol. The molecule has 0 spiro atoms. The number of hydrogen-bond acceptors (Lipinski definition) is 6. The van der Waals surface area contributed by atoms with Crippen LogP contribution in [-0.4, -0.2) is 80.6 Å². The number of carboxylic acids is 1. The van der Waals surface area contributed by atoms with E-state index in [9.17, 15) is 19.5 Å². The normalized spacial score (nSPS) is 13.5. The van der Waals surface area contributed by atoms with Gasteiger partial charge in [-0.25, -0.2) is 4.79 Å². The van der Waals surface area contributed by atoms with E-state index < -0.39 is 18.1 Å². The molecule has 0 aromatic rings. The van der Waals surface area contributed by atoms with Gasteiger partial charge >= 0.3 is 17.9 Å². The summed E-state index contributed by atoms with van der Waals surface area (Å²) < 4.78 is 17.2. The molecule has 0 radical (unpaired) electrons. The summed E-state index contributed by atoms with van der Waals surface area (Å²) in [4.78, 5) is 36.9. The Morgan fingerprint density at radius 1 is 0.596 bits per heavy atom. The maximum absolute atomic E-state index is 12.7. The van der Waals surface area contributed by atoms with Crippen LogP contribution < -0.4 is 0 Å². The summed E-state index contributed by atoms with van der Waals surface area (Å²) in [5.41, 5.74) is 0. The molecular formula is C44H78NO7+. The number of carboxylic acid groups (broad SMARTS) is 1. The Bertz CT molecular complexity index is 995. The smallest absolute Gasteiger partial charge is 0.362 e. The monoisotopic (exact) mass is 733 g/mol. The average molecular weight is 733 g/mol. The molecule has 1 N–H and O–H groups in total. The van der Waals surface area contributed by atoms with Gasteiger partial charge in [-0.05, 0) is 57.8 Å². The van der Waals surface area contributed by atoms with Gasteiger partial charge < -0.3 is 23.8 Å². The standard InChI is InChI=1S/C44H77NO7/c1-6-8-10-12-14-16-18-20-21-23-25-27-29-31-33-35-43(47)52-40(38-50-37-36-41(44(48)49)45(3,4)5)39-51-42(46)34-32-30-28-26-24-22-19-17-15-13-11-9-7-2/h9,11,13,15-19,40-41H,6-8,10,12,14,20-39H2,1-5H3/p+1/b11-9+,15-13+,18-16+,19-17+. The molecule has 8 nitrogen and oxygen atoms in total. The van der Waals surface area contributed by atoms with Crippen molar-refractivity contribution in [2.75, 3.05) is 41.0 Å². The average Bonchev–Trinajstić information content (AvgIpc) is 3.09. The fourth-order valence-electron chi connectivity index (χ4n) is 5.79. The zero-order valence-electron chi connectivity index (χ0n) is 34.0. The quantitative estimate of drug-likeness (QED) is 0.0225. The first-order valence-electron chi connectivity index (χ1n) is 20.7. The van der Waals surface area contributed by atoms with Crippen LogP contribution in [0.25, 0.3) is 0 Å². The zero-order chi connectivity index (χ0) is 38.5. The number of carbonyl (C=O) groups is 3. The van der Waals surface area contributed by atoms with Gasteiger partial charge in [0.25, 0.3) is 0 Å². The largest absolute Gasteiger partial charge is 0.477 e. The maximum Gasteiger partial charge on any atom is 0.362 e. The van der Waals surface area contributed by atoms with Crippen molar-refractivity contribution in [2.24, 2.45) is 0 Å². The SMILES string of the molecule is CC/C=C/C=C/C=C/CCCCCCCC(=O)OCC(COCCC(C(=O)O)[N+](C)(C)C)OC(=O)CCCCCCCCC/C=C/CCCCCC. The Hall–Kier alpha value is -2.71. The number of aliphatic carboxylic acids is 1. The molecule has 0 amide bonds. The van der Waals surface area contributed by atoms with Crippen molar-refractivity contribution in [1.82, 2.24) is 0 Å². The fraction of sp³-hybridized carbons (Fsp3) is 0.750. The number of nitrogens with zero attached hydrogens (tertiary/aromatic N) is 1. The third-order valence-electron chi connectivity index (χ3n) is 9.02. The number of quaternary nitrogens is 1. The summed E-state index contributed by atoms with van der Waals surface area (Å²) in [5.74, 6) is -1.50. The highest BCUT2D eigenvalue weighted by atomic mass is 16.6. The Morgan fingerprint density at radius 3 is 1.63 bits per heavy atom. The Balaban J connectivity index is 4.42.